The largest absolute Gasteiger partial charge is 0.378 e. The average Bonchev–Trinajstić information content (AvgIpc) is 3.22. The zero-order valence-corrected chi connectivity index (χ0v) is 22.4. The molecule has 0 aliphatic rings. The van der Waals surface area contributed by atoms with Gasteiger partial charge in [0.2, 0.25) is 0 Å². The summed E-state index contributed by atoms with van der Waals surface area (Å²) in [6.45, 7) is 1.73. The van der Waals surface area contributed by atoms with Gasteiger partial charge in [0.25, 0.3) is 17.4 Å². The second-order valence-electron chi connectivity index (χ2n) is 8.80. The van der Waals surface area contributed by atoms with Gasteiger partial charge in [-0.15, -0.1) is 0 Å². The van der Waals surface area contributed by atoms with Gasteiger partial charge in [0.1, 0.15) is 5.70 Å². The number of carbonyl (C=O) groups is 2. The maximum atomic E-state index is 13.1. The molecular weight excluding hydrogens is 516 g/mol. The van der Waals surface area contributed by atoms with E-state index in [2.05, 4.69) is 20.9 Å². The summed E-state index contributed by atoms with van der Waals surface area (Å²) in [5.41, 5.74) is 5.43. The number of amides is 2. The number of hydrogen-bond acceptors (Lipinski definition) is 5. The van der Waals surface area contributed by atoms with Crippen molar-refractivity contribution in [2.24, 2.45) is 5.10 Å². The van der Waals surface area contributed by atoms with Crippen LogP contribution in [0.15, 0.2) is 94.5 Å². The van der Waals surface area contributed by atoms with Crippen molar-refractivity contribution in [3.05, 3.63) is 122 Å². The van der Waals surface area contributed by atoms with Gasteiger partial charge < -0.3 is 10.2 Å². The Morgan fingerprint density at radius 3 is 2.31 bits per heavy atom. The summed E-state index contributed by atoms with van der Waals surface area (Å²) in [6, 6.07) is 23.1. The number of aryl methyl sites for hydroxylation is 1. The molecule has 0 spiro atoms. The summed E-state index contributed by atoms with van der Waals surface area (Å²) in [4.78, 5) is 40.9. The Kier molecular flexibility index (Phi) is 8.43. The third-order valence-corrected chi connectivity index (χ3v) is 6.15. The smallest absolute Gasteiger partial charge is 0.287 e. The molecule has 0 atom stereocenters. The van der Waals surface area contributed by atoms with Gasteiger partial charge in [0.05, 0.1) is 28.1 Å². The molecule has 4 aromatic rings. The second-order valence-corrected chi connectivity index (χ2v) is 9.21. The monoisotopic (exact) mass is 542 g/mol. The normalized spacial score (nSPS) is 11.4. The van der Waals surface area contributed by atoms with E-state index in [1.165, 1.54) is 17.0 Å². The van der Waals surface area contributed by atoms with Crippen LogP contribution in [0.1, 0.15) is 27.2 Å². The van der Waals surface area contributed by atoms with E-state index in [9.17, 15) is 14.4 Å². The Hall–Kier alpha value is -4.89. The summed E-state index contributed by atoms with van der Waals surface area (Å²) in [7, 11) is 3.85. The highest BCUT2D eigenvalue weighted by molar-refractivity contribution is 6.34. The number of benzene rings is 3. The highest BCUT2D eigenvalue weighted by atomic mass is 35.5. The van der Waals surface area contributed by atoms with Crippen molar-refractivity contribution in [2.45, 2.75) is 6.92 Å². The van der Waals surface area contributed by atoms with Gasteiger partial charge in [-0.2, -0.15) is 5.10 Å². The summed E-state index contributed by atoms with van der Waals surface area (Å²) < 4.78 is 1.39. The van der Waals surface area contributed by atoms with Crippen LogP contribution in [0.3, 0.4) is 0 Å². The average molecular weight is 543 g/mol. The SMILES string of the molecule is Cc1[nH]n(-c2ccccc2)c(=O)c1C=NNC(=O)C(=Cc1ccc(N(C)C)cc1)NC(=O)c1ccccc1Cl. The molecule has 10 heteroatoms. The number of H-pyrrole nitrogens is 1. The van der Waals surface area contributed by atoms with E-state index in [1.807, 2.05) is 61.5 Å². The van der Waals surface area contributed by atoms with Crippen LogP contribution in [0.4, 0.5) is 5.69 Å². The van der Waals surface area contributed by atoms with Crippen molar-refractivity contribution in [3.8, 4) is 5.69 Å². The number of para-hydroxylation sites is 1. The predicted molar refractivity (Wildman–Crippen MR) is 155 cm³/mol. The van der Waals surface area contributed by atoms with E-state index < -0.39 is 11.8 Å². The molecule has 0 aliphatic heterocycles. The van der Waals surface area contributed by atoms with Crippen LogP contribution in [0.25, 0.3) is 11.8 Å². The summed E-state index contributed by atoms with van der Waals surface area (Å²) >= 11 is 6.17. The van der Waals surface area contributed by atoms with Crippen LogP contribution in [-0.4, -0.2) is 41.9 Å². The minimum absolute atomic E-state index is 0.0536. The molecule has 1 aromatic heterocycles. The summed E-state index contributed by atoms with van der Waals surface area (Å²) in [6.07, 6.45) is 2.80. The highest BCUT2D eigenvalue weighted by Crippen LogP contribution is 2.17. The highest BCUT2D eigenvalue weighted by Gasteiger charge is 2.17. The van der Waals surface area contributed by atoms with E-state index >= 15 is 0 Å². The number of nitrogens with zero attached hydrogens (tertiary/aromatic N) is 3. The molecule has 4 rings (SSSR count). The van der Waals surface area contributed by atoms with Crippen LogP contribution in [-0.2, 0) is 4.79 Å². The van der Waals surface area contributed by atoms with Crippen LogP contribution in [0.2, 0.25) is 5.02 Å². The Balaban J connectivity index is 1.58. The molecule has 9 nitrogen and oxygen atoms in total. The van der Waals surface area contributed by atoms with Crippen molar-refractivity contribution in [1.29, 1.82) is 0 Å². The molecule has 0 aliphatic carbocycles. The first-order valence-corrected chi connectivity index (χ1v) is 12.4. The lowest BCUT2D eigenvalue weighted by Gasteiger charge is -2.13. The van der Waals surface area contributed by atoms with Gasteiger partial charge in [0, 0.05) is 25.5 Å². The number of rotatable bonds is 8. The number of aromatic amines is 1. The number of halogens is 1. The van der Waals surface area contributed by atoms with Crippen LogP contribution >= 0.6 is 11.6 Å². The first kappa shape index (κ1) is 27.2. The van der Waals surface area contributed by atoms with E-state index in [0.29, 0.717) is 16.9 Å². The van der Waals surface area contributed by atoms with Crippen LogP contribution in [0.5, 0.6) is 0 Å². The number of anilines is 1. The molecule has 198 valence electrons. The maximum Gasteiger partial charge on any atom is 0.287 e. The fourth-order valence-corrected chi connectivity index (χ4v) is 3.94. The van der Waals surface area contributed by atoms with E-state index in [0.717, 1.165) is 5.69 Å². The summed E-state index contributed by atoms with van der Waals surface area (Å²) in [5, 5.41) is 9.86. The lowest BCUT2D eigenvalue weighted by atomic mass is 10.1. The zero-order chi connectivity index (χ0) is 27.9. The standard InChI is InChI=1S/C29H27ClN6O3/c1-19-24(29(39)36(34-19)22-9-5-4-6-10-22)18-31-33-28(38)26(17-20-13-15-21(16-14-20)35(2)3)32-27(37)23-11-7-8-12-25(23)30/h4-18,34H,1-3H3,(H,32,37)(H,33,38). The molecule has 0 unspecified atom stereocenters. The lowest BCUT2D eigenvalue weighted by Crippen LogP contribution is -2.33. The Bertz CT molecular complexity index is 1600. The van der Waals surface area contributed by atoms with Gasteiger partial charge in [-0.05, 0) is 55.0 Å². The fraction of sp³-hybridized carbons (Fsp3) is 0.103. The Labute approximate surface area is 230 Å². The van der Waals surface area contributed by atoms with E-state index in [1.54, 1.807) is 43.3 Å². The third kappa shape index (κ3) is 6.52. The quantitative estimate of drug-likeness (QED) is 0.177. The van der Waals surface area contributed by atoms with Gasteiger partial charge in [-0.1, -0.05) is 54.1 Å². The zero-order valence-electron chi connectivity index (χ0n) is 21.6. The minimum atomic E-state index is -0.681. The third-order valence-electron chi connectivity index (χ3n) is 5.82. The van der Waals surface area contributed by atoms with Crippen molar-refractivity contribution >= 4 is 41.4 Å². The van der Waals surface area contributed by atoms with Gasteiger partial charge in [-0.25, -0.2) is 10.1 Å². The van der Waals surface area contributed by atoms with Crippen molar-refractivity contribution in [1.82, 2.24) is 20.5 Å². The van der Waals surface area contributed by atoms with E-state index in [4.69, 9.17) is 11.6 Å². The molecule has 1 heterocycles. The molecule has 3 aromatic carbocycles. The molecule has 3 N–H and O–H groups in total. The Morgan fingerprint density at radius 2 is 1.64 bits per heavy atom. The number of carbonyl (C=O) groups excluding carboxylic acids is 2. The number of hydrazone groups is 1. The predicted octanol–water partition coefficient (Wildman–Crippen LogP) is 4.11. The molecule has 0 fully saturated rings. The van der Waals surface area contributed by atoms with Crippen LogP contribution in [0, 0.1) is 6.92 Å². The van der Waals surface area contributed by atoms with Gasteiger partial charge in [-0.3, -0.25) is 19.5 Å². The summed E-state index contributed by atoms with van der Waals surface area (Å²) in [5.74, 6) is -1.23. The van der Waals surface area contributed by atoms with Gasteiger partial charge in [0.15, 0.2) is 0 Å². The number of nitrogens with one attached hydrogen (secondary N) is 3. The molecule has 0 bridgehead atoms. The van der Waals surface area contributed by atoms with Gasteiger partial charge >= 0.3 is 0 Å². The molecule has 0 radical (unpaired) electrons. The Morgan fingerprint density at radius 1 is 0.974 bits per heavy atom. The second kappa shape index (κ2) is 12.1. The minimum Gasteiger partial charge on any atom is -0.378 e. The lowest BCUT2D eigenvalue weighted by molar-refractivity contribution is -0.117. The molecule has 2 amide bonds. The topological polar surface area (TPSA) is 112 Å². The van der Waals surface area contributed by atoms with E-state index in [-0.39, 0.29) is 27.4 Å². The number of hydrogen-bond donors (Lipinski definition) is 3. The van der Waals surface area contributed by atoms with Crippen molar-refractivity contribution in [2.75, 3.05) is 19.0 Å². The molecule has 0 saturated carbocycles. The maximum absolute atomic E-state index is 13.1. The van der Waals surface area contributed by atoms with Crippen molar-refractivity contribution < 1.29 is 9.59 Å². The molecule has 0 saturated heterocycles. The fourth-order valence-electron chi connectivity index (χ4n) is 3.71. The van der Waals surface area contributed by atoms with Crippen LogP contribution < -0.4 is 21.2 Å². The first-order chi connectivity index (χ1) is 18.7. The first-order valence-electron chi connectivity index (χ1n) is 12.0. The molecular formula is C29H27ClN6O3. The molecule has 39 heavy (non-hydrogen) atoms. The van der Waals surface area contributed by atoms with Crippen molar-refractivity contribution in [3.63, 3.8) is 0 Å². The number of aromatic nitrogens is 2.